The first-order valence-electron chi connectivity index (χ1n) is 9.41. The molecule has 0 radical (unpaired) electrons. The average Bonchev–Trinajstić information content (AvgIpc) is 2.73. The molecular weight excluding hydrogens is 332 g/mol. The van der Waals surface area contributed by atoms with Crippen molar-refractivity contribution in [3.8, 4) is 11.5 Å². The van der Waals surface area contributed by atoms with E-state index < -0.39 is 0 Å². The van der Waals surface area contributed by atoms with E-state index in [0.29, 0.717) is 0 Å². The van der Waals surface area contributed by atoms with Crippen LogP contribution in [0.5, 0.6) is 11.5 Å². The lowest BCUT2D eigenvalue weighted by atomic mass is 9.95. The van der Waals surface area contributed by atoms with E-state index in [0.717, 1.165) is 30.8 Å². The molecule has 0 amide bonds. The van der Waals surface area contributed by atoms with E-state index in [1.807, 2.05) is 0 Å². The van der Waals surface area contributed by atoms with Crippen molar-refractivity contribution in [3.63, 3.8) is 0 Å². The monoisotopic (exact) mass is 356 g/mol. The molecule has 0 bridgehead atoms. The van der Waals surface area contributed by atoms with Gasteiger partial charge in [-0.2, -0.15) is 0 Å². The fourth-order valence-electron chi connectivity index (χ4n) is 3.97. The standard InChI is InChI=1S/C25H24O2/c1-26-24-16-14-18-8-3-5-10-20(18)22(24)12-7-13-23-21-11-6-4-9-19(21)15-17-25(23)27-2/h3-6,8-11,14-17H,7,12-13H2,1-2H3. The van der Waals surface area contributed by atoms with Gasteiger partial charge in [0.2, 0.25) is 0 Å². The van der Waals surface area contributed by atoms with Crippen molar-refractivity contribution in [2.24, 2.45) is 0 Å². The molecule has 0 aliphatic carbocycles. The first-order valence-corrected chi connectivity index (χ1v) is 9.41. The molecule has 0 aliphatic rings. The smallest absolute Gasteiger partial charge is 0.122 e. The van der Waals surface area contributed by atoms with Crippen LogP contribution in [0.25, 0.3) is 21.5 Å². The maximum Gasteiger partial charge on any atom is 0.122 e. The highest BCUT2D eigenvalue weighted by molar-refractivity contribution is 5.88. The van der Waals surface area contributed by atoms with E-state index in [1.54, 1.807) is 14.2 Å². The zero-order valence-electron chi connectivity index (χ0n) is 15.9. The summed E-state index contributed by atoms with van der Waals surface area (Å²) in [6.07, 6.45) is 2.97. The molecule has 0 saturated heterocycles. The van der Waals surface area contributed by atoms with Gasteiger partial charge in [0.1, 0.15) is 11.5 Å². The van der Waals surface area contributed by atoms with Crippen molar-refractivity contribution < 1.29 is 9.47 Å². The number of methoxy groups -OCH3 is 2. The molecule has 4 aromatic rings. The van der Waals surface area contributed by atoms with Crippen molar-refractivity contribution in [1.82, 2.24) is 0 Å². The fraction of sp³-hybridized carbons (Fsp3) is 0.200. The summed E-state index contributed by atoms with van der Waals surface area (Å²) in [6, 6.07) is 25.5. The molecule has 0 atom stereocenters. The number of fused-ring (bicyclic) bond motifs is 2. The van der Waals surface area contributed by atoms with Crippen LogP contribution in [0.1, 0.15) is 17.5 Å². The highest BCUT2D eigenvalue weighted by Crippen LogP contribution is 2.32. The van der Waals surface area contributed by atoms with Gasteiger partial charge >= 0.3 is 0 Å². The quantitative estimate of drug-likeness (QED) is 0.410. The minimum Gasteiger partial charge on any atom is -0.496 e. The second-order valence-corrected chi connectivity index (χ2v) is 6.79. The number of aryl methyl sites for hydroxylation is 2. The normalized spacial score (nSPS) is 11.0. The molecule has 0 spiro atoms. The van der Waals surface area contributed by atoms with Gasteiger partial charge in [0.15, 0.2) is 0 Å². The molecule has 0 saturated carbocycles. The van der Waals surface area contributed by atoms with Gasteiger partial charge in [0.05, 0.1) is 14.2 Å². The van der Waals surface area contributed by atoms with Gasteiger partial charge in [-0.15, -0.1) is 0 Å². The maximum absolute atomic E-state index is 5.65. The highest BCUT2D eigenvalue weighted by Gasteiger charge is 2.11. The van der Waals surface area contributed by atoms with Gasteiger partial charge in [0.25, 0.3) is 0 Å². The van der Waals surface area contributed by atoms with Crippen molar-refractivity contribution in [2.45, 2.75) is 19.3 Å². The van der Waals surface area contributed by atoms with Crippen LogP contribution in [0.3, 0.4) is 0 Å². The summed E-state index contributed by atoms with van der Waals surface area (Å²) in [5, 5.41) is 5.08. The molecule has 2 heteroatoms. The summed E-state index contributed by atoms with van der Waals surface area (Å²) in [5.41, 5.74) is 2.57. The van der Waals surface area contributed by atoms with E-state index in [4.69, 9.17) is 9.47 Å². The topological polar surface area (TPSA) is 18.5 Å². The van der Waals surface area contributed by atoms with Gasteiger partial charge in [-0.1, -0.05) is 60.7 Å². The van der Waals surface area contributed by atoms with Gasteiger partial charge in [-0.05, 0) is 52.9 Å². The third-order valence-electron chi connectivity index (χ3n) is 5.29. The van der Waals surface area contributed by atoms with E-state index in [9.17, 15) is 0 Å². The predicted molar refractivity (Wildman–Crippen MR) is 113 cm³/mol. The lowest BCUT2D eigenvalue weighted by Gasteiger charge is -2.14. The van der Waals surface area contributed by atoms with E-state index >= 15 is 0 Å². The molecular formula is C25H24O2. The number of ether oxygens (including phenoxy) is 2. The predicted octanol–water partition coefficient (Wildman–Crippen LogP) is 6.19. The summed E-state index contributed by atoms with van der Waals surface area (Å²) in [5.74, 6) is 1.94. The molecule has 0 fully saturated rings. The number of hydrogen-bond donors (Lipinski definition) is 0. The van der Waals surface area contributed by atoms with Crippen LogP contribution < -0.4 is 9.47 Å². The zero-order valence-corrected chi connectivity index (χ0v) is 15.9. The molecule has 27 heavy (non-hydrogen) atoms. The fourth-order valence-corrected chi connectivity index (χ4v) is 3.97. The molecule has 0 heterocycles. The Bertz CT molecular complexity index is 995. The summed E-state index contributed by atoms with van der Waals surface area (Å²) in [4.78, 5) is 0. The summed E-state index contributed by atoms with van der Waals surface area (Å²) < 4.78 is 11.3. The zero-order chi connectivity index (χ0) is 18.6. The van der Waals surface area contributed by atoms with Crippen LogP contribution in [0.4, 0.5) is 0 Å². The molecule has 4 aromatic carbocycles. The van der Waals surface area contributed by atoms with Crippen LogP contribution in [0.15, 0.2) is 72.8 Å². The van der Waals surface area contributed by atoms with Gasteiger partial charge < -0.3 is 9.47 Å². The Labute approximate surface area is 160 Å². The summed E-state index contributed by atoms with van der Waals surface area (Å²) >= 11 is 0. The number of benzene rings is 4. The lowest BCUT2D eigenvalue weighted by Crippen LogP contribution is -1.98. The molecule has 4 rings (SSSR count). The molecule has 0 aliphatic heterocycles. The van der Waals surface area contributed by atoms with Crippen LogP contribution in [0.2, 0.25) is 0 Å². The van der Waals surface area contributed by atoms with Crippen molar-refractivity contribution in [3.05, 3.63) is 83.9 Å². The molecule has 2 nitrogen and oxygen atoms in total. The van der Waals surface area contributed by atoms with Crippen LogP contribution in [-0.2, 0) is 12.8 Å². The van der Waals surface area contributed by atoms with Crippen molar-refractivity contribution in [1.29, 1.82) is 0 Å². The first-order chi connectivity index (χ1) is 13.3. The Morgan fingerprint density at radius 2 is 1.00 bits per heavy atom. The Balaban J connectivity index is 1.65. The summed E-state index contributed by atoms with van der Waals surface area (Å²) in [6.45, 7) is 0. The molecule has 136 valence electrons. The van der Waals surface area contributed by atoms with Crippen LogP contribution in [-0.4, -0.2) is 14.2 Å². The van der Waals surface area contributed by atoms with Gasteiger partial charge in [-0.25, -0.2) is 0 Å². The Kier molecular flexibility index (Phi) is 4.97. The Morgan fingerprint density at radius 3 is 1.44 bits per heavy atom. The van der Waals surface area contributed by atoms with E-state index in [1.165, 1.54) is 32.7 Å². The molecule has 0 unspecified atom stereocenters. The van der Waals surface area contributed by atoms with E-state index in [2.05, 4.69) is 72.8 Å². The van der Waals surface area contributed by atoms with Crippen LogP contribution >= 0.6 is 0 Å². The third-order valence-corrected chi connectivity index (χ3v) is 5.29. The van der Waals surface area contributed by atoms with Gasteiger partial charge in [-0.3, -0.25) is 0 Å². The minimum absolute atomic E-state index is 0.969. The van der Waals surface area contributed by atoms with Gasteiger partial charge in [0, 0.05) is 11.1 Å². The minimum atomic E-state index is 0.969. The van der Waals surface area contributed by atoms with Crippen molar-refractivity contribution >= 4 is 21.5 Å². The summed E-state index contributed by atoms with van der Waals surface area (Å²) in [7, 11) is 3.50. The first kappa shape index (κ1) is 17.4. The van der Waals surface area contributed by atoms with Crippen LogP contribution in [0, 0.1) is 0 Å². The Morgan fingerprint density at radius 1 is 0.556 bits per heavy atom. The largest absolute Gasteiger partial charge is 0.496 e. The maximum atomic E-state index is 5.65. The number of hydrogen-bond acceptors (Lipinski definition) is 2. The van der Waals surface area contributed by atoms with Crippen molar-refractivity contribution in [2.75, 3.05) is 14.2 Å². The SMILES string of the molecule is COc1ccc2ccccc2c1CCCc1c(OC)ccc2ccccc12. The average molecular weight is 356 g/mol. The Hall–Kier alpha value is -3.00. The second-order valence-electron chi connectivity index (χ2n) is 6.79. The lowest BCUT2D eigenvalue weighted by molar-refractivity contribution is 0.407. The second kappa shape index (κ2) is 7.71. The van der Waals surface area contributed by atoms with E-state index in [-0.39, 0.29) is 0 Å². The molecule has 0 N–H and O–H groups in total. The number of rotatable bonds is 6. The molecule has 0 aromatic heterocycles. The third kappa shape index (κ3) is 3.35. The highest BCUT2D eigenvalue weighted by atomic mass is 16.5.